The van der Waals surface area contributed by atoms with Crippen molar-refractivity contribution in [2.24, 2.45) is 5.73 Å². The van der Waals surface area contributed by atoms with Gasteiger partial charge in [-0.05, 0) is 17.2 Å². The lowest BCUT2D eigenvalue weighted by Crippen LogP contribution is -2.48. The maximum atomic E-state index is 16.1. The van der Waals surface area contributed by atoms with Gasteiger partial charge in [0.15, 0.2) is 11.5 Å². The number of allylic oxidation sites excluding steroid dienone is 2. The number of thiophene rings is 1. The maximum absolute atomic E-state index is 16.1. The zero-order valence-corrected chi connectivity index (χ0v) is 19.4. The van der Waals surface area contributed by atoms with Crippen molar-refractivity contribution >= 4 is 22.4 Å². The Bertz CT molecular complexity index is 1320. The van der Waals surface area contributed by atoms with Crippen molar-refractivity contribution in [3.8, 4) is 27.9 Å². The molecule has 2 aliphatic rings. The van der Waals surface area contributed by atoms with Gasteiger partial charge in [0.05, 0.1) is 29.7 Å². The van der Waals surface area contributed by atoms with Crippen LogP contribution in [0.2, 0.25) is 0 Å². The number of nitriles is 1. The summed E-state index contributed by atoms with van der Waals surface area (Å²) in [5.41, 5.74) is 5.58. The summed E-state index contributed by atoms with van der Waals surface area (Å²) in [5.74, 6) is 0.484. The Hall–Kier alpha value is -4.01. The number of hydrogen-bond acceptors (Lipinski definition) is 7. The van der Waals surface area contributed by atoms with E-state index in [0.717, 1.165) is 15.4 Å². The summed E-state index contributed by atoms with van der Waals surface area (Å²) in [4.78, 5) is 18.6. The molecule has 2 aromatic heterocycles. The summed E-state index contributed by atoms with van der Waals surface area (Å²) in [5, 5.41) is 20.4. The van der Waals surface area contributed by atoms with E-state index in [9.17, 15) is 10.1 Å². The number of alkyl halides is 1. The third-order valence-corrected chi connectivity index (χ3v) is 7.28. The molecule has 2 unspecified atom stereocenters. The molecule has 1 aliphatic carbocycles. The molecular formula is C24H22FN7O2S. The van der Waals surface area contributed by atoms with E-state index in [1.54, 1.807) is 42.5 Å². The Morgan fingerprint density at radius 2 is 2.09 bits per heavy atom. The monoisotopic (exact) mass is 491 g/mol. The highest BCUT2D eigenvalue weighted by molar-refractivity contribution is 7.20. The predicted molar refractivity (Wildman–Crippen MR) is 130 cm³/mol. The molecule has 178 valence electrons. The van der Waals surface area contributed by atoms with Gasteiger partial charge in [-0.25, -0.2) is 14.2 Å². The number of carbonyl (C=O) groups excluding carboxylic acids is 1. The number of aromatic nitrogens is 3. The second-order valence-corrected chi connectivity index (χ2v) is 9.10. The Morgan fingerprint density at radius 1 is 1.31 bits per heavy atom. The van der Waals surface area contributed by atoms with Crippen molar-refractivity contribution < 1.29 is 13.9 Å². The molecule has 4 N–H and O–H groups in total. The minimum absolute atomic E-state index is 0.349. The highest BCUT2D eigenvalue weighted by Gasteiger charge is 2.39. The van der Waals surface area contributed by atoms with Crippen LogP contribution in [-0.4, -0.2) is 53.6 Å². The molecule has 0 bridgehead atoms. The molecule has 0 saturated carbocycles. The smallest absolute Gasteiger partial charge is 0.312 e. The molecular weight excluding hydrogens is 469 g/mol. The van der Waals surface area contributed by atoms with Crippen LogP contribution in [0, 0.1) is 11.3 Å². The fourth-order valence-electron chi connectivity index (χ4n) is 4.35. The molecule has 2 amide bonds. The number of aromatic amines is 1. The number of hydrogen-bond donors (Lipinski definition) is 3. The van der Waals surface area contributed by atoms with E-state index in [2.05, 4.69) is 31.5 Å². The number of amides is 2. The zero-order valence-electron chi connectivity index (χ0n) is 18.6. The number of nitrogens with two attached hydrogens (primary N) is 1. The standard InChI is InChI=1S/C24H22FN7O2S/c25-24(8-2-1-3-18(24)30-23(27)33)16-6-4-15(5-7-16)19-17(13-26)22(32-9-11-34-12-10-32)35-20(19)21-28-14-29-31-21/h1-8,14,18H,9-12H2,(H3,27,30,33)(H,28,29,31). The summed E-state index contributed by atoms with van der Waals surface area (Å²) in [7, 11) is 0. The van der Waals surface area contributed by atoms with Crippen molar-refractivity contribution in [1.29, 1.82) is 5.26 Å². The molecule has 1 fully saturated rings. The molecule has 35 heavy (non-hydrogen) atoms. The highest BCUT2D eigenvalue weighted by Crippen LogP contribution is 2.47. The molecule has 0 spiro atoms. The maximum Gasteiger partial charge on any atom is 0.312 e. The van der Waals surface area contributed by atoms with E-state index < -0.39 is 17.7 Å². The summed E-state index contributed by atoms with van der Waals surface area (Å²) in [6, 6.07) is 7.47. The fraction of sp³-hybridized carbons (Fsp3) is 0.250. The minimum atomic E-state index is -1.97. The second-order valence-electron chi connectivity index (χ2n) is 8.10. The number of urea groups is 1. The van der Waals surface area contributed by atoms with Crippen molar-refractivity contribution in [1.82, 2.24) is 20.5 Å². The third-order valence-electron chi connectivity index (χ3n) is 6.04. The summed E-state index contributed by atoms with van der Waals surface area (Å²) >= 11 is 1.46. The van der Waals surface area contributed by atoms with Crippen LogP contribution in [0.15, 0.2) is 54.9 Å². The van der Waals surface area contributed by atoms with Gasteiger partial charge in [-0.1, -0.05) is 42.5 Å². The number of benzene rings is 1. The number of H-pyrrole nitrogens is 1. The molecule has 11 heteroatoms. The molecule has 3 aromatic rings. The van der Waals surface area contributed by atoms with Crippen LogP contribution in [0.5, 0.6) is 0 Å². The van der Waals surface area contributed by atoms with Crippen LogP contribution >= 0.6 is 11.3 Å². The molecule has 1 aliphatic heterocycles. The van der Waals surface area contributed by atoms with Gasteiger partial charge in [-0.15, -0.1) is 11.3 Å². The topological polar surface area (TPSA) is 133 Å². The van der Waals surface area contributed by atoms with Crippen LogP contribution in [0.25, 0.3) is 21.8 Å². The number of carbonyl (C=O) groups is 1. The molecule has 1 aromatic carbocycles. The quantitative estimate of drug-likeness (QED) is 0.502. The van der Waals surface area contributed by atoms with Gasteiger partial charge in [0.25, 0.3) is 0 Å². The van der Waals surface area contributed by atoms with E-state index >= 15 is 4.39 Å². The van der Waals surface area contributed by atoms with Crippen LogP contribution in [0.4, 0.5) is 14.2 Å². The number of morpholine rings is 1. The number of nitrogens with zero attached hydrogens (tertiary/aromatic N) is 4. The molecule has 3 heterocycles. The zero-order chi connectivity index (χ0) is 24.4. The largest absolute Gasteiger partial charge is 0.378 e. The van der Waals surface area contributed by atoms with Gasteiger partial charge < -0.3 is 20.7 Å². The SMILES string of the molecule is N#Cc1c(N2CCOCC2)sc(-c2nc[nH]n2)c1-c1ccc(C2(F)C=CC=CC2NC(N)=O)cc1. The van der Waals surface area contributed by atoms with Crippen LogP contribution < -0.4 is 16.0 Å². The molecule has 5 rings (SSSR count). The number of ether oxygens (including phenoxy) is 1. The van der Waals surface area contributed by atoms with Crippen molar-refractivity contribution in [2.75, 3.05) is 31.2 Å². The van der Waals surface area contributed by atoms with Crippen LogP contribution in [-0.2, 0) is 10.4 Å². The van der Waals surface area contributed by atoms with Crippen LogP contribution in [0.1, 0.15) is 11.1 Å². The lowest BCUT2D eigenvalue weighted by Gasteiger charge is -2.31. The molecule has 2 atom stereocenters. The minimum Gasteiger partial charge on any atom is -0.378 e. The van der Waals surface area contributed by atoms with Crippen molar-refractivity contribution in [2.45, 2.75) is 11.7 Å². The molecule has 1 saturated heterocycles. The van der Waals surface area contributed by atoms with E-state index in [-0.39, 0.29) is 0 Å². The fourth-order valence-corrected chi connectivity index (χ4v) is 5.62. The Morgan fingerprint density at radius 3 is 2.74 bits per heavy atom. The highest BCUT2D eigenvalue weighted by atomic mass is 32.1. The first-order valence-electron chi connectivity index (χ1n) is 11.0. The van der Waals surface area contributed by atoms with E-state index in [1.165, 1.54) is 23.7 Å². The van der Waals surface area contributed by atoms with Gasteiger partial charge in [-0.2, -0.15) is 10.4 Å². The normalized spacial score (nSPS) is 21.6. The van der Waals surface area contributed by atoms with Crippen LogP contribution in [0.3, 0.4) is 0 Å². The van der Waals surface area contributed by atoms with Crippen molar-refractivity contribution in [3.63, 3.8) is 0 Å². The lowest BCUT2D eigenvalue weighted by molar-refractivity contribution is 0.123. The average Bonchev–Trinajstić information content (AvgIpc) is 3.54. The Labute approximate surface area is 204 Å². The number of primary amides is 1. The number of rotatable bonds is 5. The van der Waals surface area contributed by atoms with Gasteiger partial charge in [0, 0.05) is 18.7 Å². The Kier molecular flexibility index (Phi) is 6.07. The summed E-state index contributed by atoms with van der Waals surface area (Å²) < 4.78 is 21.5. The predicted octanol–water partition coefficient (Wildman–Crippen LogP) is 3.24. The first-order valence-corrected chi connectivity index (χ1v) is 11.8. The first kappa shape index (κ1) is 22.8. The number of nitrogens with one attached hydrogen (secondary N) is 2. The summed E-state index contributed by atoms with van der Waals surface area (Å²) in [6.45, 7) is 2.53. The van der Waals surface area contributed by atoms with E-state index in [1.807, 2.05) is 0 Å². The second kappa shape index (κ2) is 9.32. The number of halogens is 1. The van der Waals surface area contributed by atoms with E-state index in [0.29, 0.717) is 48.8 Å². The van der Waals surface area contributed by atoms with Gasteiger partial charge >= 0.3 is 6.03 Å². The third kappa shape index (κ3) is 4.18. The average molecular weight is 492 g/mol. The van der Waals surface area contributed by atoms with Gasteiger partial charge in [0.2, 0.25) is 0 Å². The molecule has 9 nitrogen and oxygen atoms in total. The van der Waals surface area contributed by atoms with Gasteiger partial charge in [-0.3, -0.25) is 5.10 Å². The van der Waals surface area contributed by atoms with Crippen molar-refractivity contribution in [3.05, 3.63) is 66.0 Å². The molecule has 0 radical (unpaired) electrons. The lowest BCUT2D eigenvalue weighted by atomic mass is 9.84. The number of anilines is 1. The summed E-state index contributed by atoms with van der Waals surface area (Å²) in [6.07, 6.45) is 7.69. The van der Waals surface area contributed by atoms with E-state index in [4.69, 9.17) is 10.5 Å². The first-order chi connectivity index (χ1) is 17.0. The Balaban J connectivity index is 1.58. The van der Waals surface area contributed by atoms with Gasteiger partial charge in [0.1, 0.15) is 17.4 Å².